The highest BCUT2D eigenvalue weighted by Crippen LogP contribution is 2.24. The molecule has 0 unspecified atom stereocenters. The Labute approximate surface area is 142 Å². The fourth-order valence-electron chi connectivity index (χ4n) is 2.99. The topological polar surface area (TPSA) is 39.2 Å². The molecule has 0 spiro atoms. The van der Waals surface area contributed by atoms with Crippen molar-refractivity contribution in [2.45, 2.75) is 33.8 Å². The van der Waals surface area contributed by atoms with Crippen LogP contribution < -0.4 is 0 Å². The molecule has 122 valence electrons. The van der Waals surface area contributed by atoms with Gasteiger partial charge >= 0.3 is 5.97 Å². The molecule has 1 aromatic heterocycles. The van der Waals surface area contributed by atoms with Crippen molar-refractivity contribution in [3.63, 3.8) is 0 Å². The van der Waals surface area contributed by atoms with E-state index in [0.717, 1.165) is 33.3 Å². The molecule has 0 amide bonds. The molecule has 0 aliphatic carbocycles. The highest BCUT2D eigenvalue weighted by atomic mass is 16.5. The first-order valence-corrected chi connectivity index (χ1v) is 8.21. The van der Waals surface area contributed by atoms with Crippen LogP contribution in [0.4, 0.5) is 0 Å². The van der Waals surface area contributed by atoms with Crippen molar-refractivity contribution in [2.75, 3.05) is 0 Å². The van der Waals surface area contributed by atoms with Crippen molar-refractivity contribution in [1.82, 2.24) is 4.98 Å². The van der Waals surface area contributed by atoms with Crippen molar-refractivity contribution in [1.29, 1.82) is 0 Å². The van der Waals surface area contributed by atoms with E-state index in [1.165, 1.54) is 0 Å². The van der Waals surface area contributed by atoms with Crippen molar-refractivity contribution < 1.29 is 9.53 Å². The second-order valence-corrected chi connectivity index (χ2v) is 5.99. The largest absolute Gasteiger partial charge is 0.457 e. The minimum atomic E-state index is -0.302. The van der Waals surface area contributed by atoms with E-state index in [1.807, 2.05) is 69.3 Å². The molecule has 0 saturated heterocycles. The lowest BCUT2D eigenvalue weighted by Crippen LogP contribution is -2.12. The number of aryl methyl sites for hydroxylation is 3. The molecule has 0 bridgehead atoms. The number of fused-ring (bicyclic) bond motifs is 1. The second-order valence-electron chi connectivity index (χ2n) is 5.99. The molecule has 0 aliphatic rings. The minimum Gasteiger partial charge on any atom is -0.457 e. The first-order valence-electron chi connectivity index (χ1n) is 8.21. The summed E-state index contributed by atoms with van der Waals surface area (Å²) in [5, 5.41) is 0.997. The molecule has 3 rings (SSSR count). The lowest BCUT2D eigenvalue weighted by molar-refractivity contribution is 0.0470. The van der Waals surface area contributed by atoms with Gasteiger partial charge < -0.3 is 4.74 Å². The predicted octanol–water partition coefficient (Wildman–Crippen LogP) is 4.77. The molecule has 0 N–H and O–H groups in total. The van der Waals surface area contributed by atoms with Gasteiger partial charge in [0.15, 0.2) is 0 Å². The Hall–Kier alpha value is -2.68. The van der Waals surface area contributed by atoms with Crippen LogP contribution in [-0.4, -0.2) is 11.0 Å². The molecule has 24 heavy (non-hydrogen) atoms. The van der Waals surface area contributed by atoms with Crippen LogP contribution in [-0.2, 0) is 17.8 Å². The summed E-state index contributed by atoms with van der Waals surface area (Å²) < 4.78 is 5.56. The predicted molar refractivity (Wildman–Crippen MR) is 96.2 cm³/mol. The van der Waals surface area contributed by atoms with Crippen LogP contribution in [0.5, 0.6) is 0 Å². The smallest absolute Gasteiger partial charge is 0.340 e. The molecule has 0 fully saturated rings. The van der Waals surface area contributed by atoms with Crippen LogP contribution in [0.2, 0.25) is 0 Å². The number of para-hydroxylation sites is 1. The van der Waals surface area contributed by atoms with E-state index in [4.69, 9.17) is 4.74 Å². The Morgan fingerprint density at radius 1 is 1.08 bits per heavy atom. The maximum absolute atomic E-state index is 12.7. The number of pyridine rings is 1. The summed E-state index contributed by atoms with van der Waals surface area (Å²) in [4.78, 5) is 17.3. The van der Waals surface area contributed by atoms with Gasteiger partial charge in [-0.3, -0.25) is 4.98 Å². The highest BCUT2D eigenvalue weighted by Gasteiger charge is 2.19. The van der Waals surface area contributed by atoms with Crippen LogP contribution in [0.1, 0.15) is 39.7 Å². The summed E-state index contributed by atoms with van der Waals surface area (Å²) in [5.74, 6) is -0.302. The van der Waals surface area contributed by atoms with Crippen LogP contribution in [0, 0.1) is 13.8 Å². The number of rotatable bonds is 4. The van der Waals surface area contributed by atoms with Gasteiger partial charge in [-0.05, 0) is 37.5 Å². The average molecular weight is 319 g/mol. The SMILES string of the molecule is CCc1nc2ccccc2c(C)c1C(=O)OCc1cccc(C)c1. The number of hydrogen-bond acceptors (Lipinski definition) is 3. The van der Waals surface area contributed by atoms with Crippen molar-refractivity contribution in [2.24, 2.45) is 0 Å². The summed E-state index contributed by atoms with van der Waals surface area (Å²) in [6, 6.07) is 15.9. The summed E-state index contributed by atoms with van der Waals surface area (Å²) in [6.07, 6.45) is 0.695. The molecule has 3 nitrogen and oxygen atoms in total. The van der Waals surface area contributed by atoms with E-state index in [1.54, 1.807) is 0 Å². The summed E-state index contributed by atoms with van der Waals surface area (Å²) in [6.45, 7) is 6.27. The normalized spacial score (nSPS) is 10.8. The third kappa shape index (κ3) is 3.16. The summed E-state index contributed by atoms with van der Waals surface area (Å²) in [7, 11) is 0. The monoisotopic (exact) mass is 319 g/mol. The number of carbonyl (C=O) groups excluding carboxylic acids is 1. The van der Waals surface area contributed by atoms with Crippen LogP contribution >= 0.6 is 0 Å². The van der Waals surface area contributed by atoms with E-state index in [-0.39, 0.29) is 12.6 Å². The van der Waals surface area contributed by atoms with Gasteiger partial charge in [-0.2, -0.15) is 0 Å². The molecular formula is C21H21NO2. The van der Waals surface area contributed by atoms with Gasteiger partial charge in [-0.15, -0.1) is 0 Å². The van der Waals surface area contributed by atoms with Gasteiger partial charge in [0.1, 0.15) is 6.61 Å². The maximum atomic E-state index is 12.7. The van der Waals surface area contributed by atoms with E-state index < -0.39 is 0 Å². The molecule has 0 atom stereocenters. The van der Waals surface area contributed by atoms with Gasteiger partial charge in [0.05, 0.1) is 16.8 Å². The van der Waals surface area contributed by atoms with Gasteiger partial charge in [0.25, 0.3) is 0 Å². The zero-order valence-electron chi connectivity index (χ0n) is 14.3. The lowest BCUT2D eigenvalue weighted by Gasteiger charge is -2.13. The fraction of sp³-hybridized carbons (Fsp3) is 0.238. The fourth-order valence-corrected chi connectivity index (χ4v) is 2.99. The number of aromatic nitrogens is 1. The van der Waals surface area contributed by atoms with Crippen molar-refractivity contribution in [3.05, 3.63) is 76.5 Å². The summed E-state index contributed by atoms with van der Waals surface area (Å²) >= 11 is 0. The zero-order valence-corrected chi connectivity index (χ0v) is 14.3. The van der Waals surface area contributed by atoms with Crippen LogP contribution in [0.15, 0.2) is 48.5 Å². The van der Waals surface area contributed by atoms with Gasteiger partial charge in [-0.25, -0.2) is 4.79 Å². The second kappa shape index (κ2) is 6.83. The van der Waals surface area contributed by atoms with E-state index in [0.29, 0.717) is 12.0 Å². The number of benzene rings is 2. The highest BCUT2D eigenvalue weighted by molar-refractivity contribution is 5.98. The minimum absolute atomic E-state index is 0.274. The molecular weight excluding hydrogens is 298 g/mol. The standard InChI is InChI=1S/C21H21NO2/c1-4-18-20(15(3)17-10-5-6-11-19(17)22-18)21(23)24-13-16-9-7-8-14(2)12-16/h5-12H,4,13H2,1-3H3. The zero-order chi connectivity index (χ0) is 17.1. The van der Waals surface area contributed by atoms with Crippen molar-refractivity contribution in [3.8, 4) is 0 Å². The Morgan fingerprint density at radius 3 is 2.62 bits per heavy atom. The molecule has 0 saturated carbocycles. The Bertz CT molecular complexity index is 899. The lowest BCUT2D eigenvalue weighted by atomic mass is 10.0. The quantitative estimate of drug-likeness (QED) is 0.650. The molecule has 1 heterocycles. The molecule has 0 radical (unpaired) electrons. The van der Waals surface area contributed by atoms with E-state index in [9.17, 15) is 4.79 Å². The van der Waals surface area contributed by atoms with E-state index in [2.05, 4.69) is 4.98 Å². The van der Waals surface area contributed by atoms with Gasteiger partial charge in [0.2, 0.25) is 0 Å². The molecule has 2 aromatic carbocycles. The average Bonchev–Trinajstić information content (AvgIpc) is 2.59. The molecule has 0 aliphatic heterocycles. The Balaban J connectivity index is 1.92. The molecule has 3 heteroatoms. The maximum Gasteiger partial charge on any atom is 0.340 e. The van der Waals surface area contributed by atoms with E-state index >= 15 is 0 Å². The molecule has 3 aromatic rings. The van der Waals surface area contributed by atoms with Crippen molar-refractivity contribution >= 4 is 16.9 Å². The van der Waals surface area contributed by atoms with Crippen LogP contribution in [0.3, 0.4) is 0 Å². The number of hydrogen-bond donors (Lipinski definition) is 0. The first-order chi connectivity index (χ1) is 11.6. The Morgan fingerprint density at radius 2 is 1.88 bits per heavy atom. The third-order valence-corrected chi connectivity index (χ3v) is 4.22. The summed E-state index contributed by atoms with van der Waals surface area (Å²) in [5.41, 5.74) is 5.40. The number of nitrogens with zero attached hydrogens (tertiary/aromatic N) is 1. The van der Waals surface area contributed by atoms with Crippen LogP contribution in [0.25, 0.3) is 10.9 Å². The Kier molecular flexibility index (Phi) is 4.61. The van der Waals surface area contributed by atoms with Gasteiger partial charge in [0, 0.05) is 5.39 Å². The first kappa shape index (κ1) is 16.2. The van der Waals surface area contributed by atoms with Gasteiger partial charge in [-0.1, -0.05) is 55.0 Å². The number of ether oxygens (including phenoxy) is 1. The third-order valence-electron chi connectivity index (χ3n) is 4.22. The number of carbonyl (C=O) groups is 1. The number of esters is 1.